The standard InChI is InChI=1S/C12H10N4O/c1-17-12-8(3-2-5-14-12)11-15-9-4-6-13-7-10(9)16-11/h2-7H,1H3,(H,15,16)/i/hD. The maximum atomic E-state index is 8.06. The summed E-state index contributed by atoms with van der Waals surface area (Å²) in [6.07, 6.45) is 4.90. The largest absolute Gasteiger partial charge is 0.480 e. The van der Waals surface area contributed by atoms with Gasteiger partial charge in [-0.05, 0) is 18.2 Å². The van der Waals surface area contributed by atoms with E-state index >= 15 is 0 Å². The molecule has 5 nitrogen and oxygen atoms in total. The van der Waals surface area contributed by atoms with Gasteiger partial charge in [0, 0.05) is 12.4 Å². The fourth-order valence-electron chi connectivity index (χ4n) is 1.66. The van der Waals surface area contributed by atoms with Crippen LogP contribution in [0.25, 0.3) is 22.4 Å². The number of nitrogens with zero attached hydrogens (tertiary/aromatic N) is 3. The normalized spacial score (nSPS) is 11.5. The SMILES string of the molecule is [2H]n1c(-c2cccnc2OC)nc2ccncc21. The lowest BCUT2D eigenvalue weighted by Crippen LogP contribution is -1.91. The van der Waals surface area contributed by atoms with E-state index in [-0.39, 0.29) is 0 Å². The van der Waals surface area contributed by atoms with Gasteiger partial charge in [0.05, 0.1) is 29.9 Å². The van der Waals surface area contributed by atoms with Crippen LogP contribution in [0.3, 0.4) is 0 Å². The Hall–Kier alpha value is -2.43. The Morgan fingerprint density at radius 2 is 2.29 bits per heavy atom. The minimum absolute atomic E-state index is 0.453. The lowest BCUT2D eigenvalue weighted by Gasteiger charge is -2.02. The predicted octanol–water partition coefficient (Wildman–Crippen LogP) is 2.03. The van der Waals surface area contributed by atoms with Crippen molar-refractivity contribution in [2.24, 2.45) is 0 Å². The number of hydrogen-bond donors (Lipinski definition) is 1. The Kier molecular flexibility index (Phi) is 1.97. The number of nitrogens with one attached hydrogen (secondary N) is 1. The fourth-order valence-corrected chi connectivity index (χ4v) is 1.66. The topological polar surface area (TPSA) is 63.7 Å². The number of methoxy groups -OCH3 is 1. The van der Waals surface area contributed by atoms with E-state index in [0.717, 1.165) is 5.52 Å². The molecule has 0 aliphatic carbocycles. The molecule has 0 saturated carbocycles. The number of rotatable bonds is 2. The summed E-state index contributed by atoms with van der Waals surface area (Å²) < 4.78 is 13.2. The average Bonchev–Trinajstić information content (AvgIpc) is 2.76. The molecule has 5 heteroatoms. The van der Waals surface area contributed by atoms with Gasteiger partial charge in [0.2, 0.25) is 5.88 Å². The van der Waals surface area contributed by atoms with Crippen molar-refractivity contribution in [1.82, 2.24) is 19.9 Å². The van der Waals surface area contributed by atoms with Gasteiger partial charge in [-0.1, -0.05) is 0 Å². The number of fused-ring (bicyclic) bond motifs is 1. The third-order valence-corrected chi connectivity index (χ3v) is 2.44. The van der Waals surface area contributed by atoms with Crippen molar-refractivity contribution in [3.8, 4) is 17.3 Å². The molecule has 0 saturated heterocycles. The molecule has 0 aromatic carbocycles. The van der Waals surface area contributed by atoms with Crippen LogP contribution in [0.1, 0.15) is 0 Å². The highest BCUT2D eigenvalue weighted by atomic mass is 16.5. The second kappa shape index (κ2) is 3.86. The molecule has 3 aromatic rings. The van der Waals surface area contributed by atoms with E-state index in [1.807, 2.05) is 6.07 Å². The molecule has 1 N–H and O–H groups in total. The molecule has 0 atom stereocenters. The van der Waals surface area contributed by atoms with Crippen LogP contribution in [-0.4, -0.2) is 27.0 Å². The van der Waals surface area contributed by atoms with Gasteiger partial charge in [-0.25, -0.2) is 9.97 Å². The highest BCUT2D eigenvalue weighted by Crippen LogP contribution is 2.26. The molecule has 0 aliphatic heterocycles. The zero-order valence-corrected chi connectivity index (χ0v) is 9.16. The number of ether oxygens (including phenoxy) is 1. The summed E-state index contributed by atoms with van der Waals surface area (Å²) in [5, 5.41) is 0. The molecular weight excluding hydrogens is 216 g/mol. The maximum Gasteiger partial charge on any atom is 0.224 e. The Morgan fingerprint density at radius 3 is 3.12 bits per heavy atom. The highest BCUT2D eigenvalue weighted by molar-refractivity contribution is 5.79. The lowest BCUT2D eigenvalue weighted by atomic mass is 10.2. The summed E-state index contributed by atoms with van der Waals surface area (Å²) in [6.45, 7) is 0. The van der Waals surface area contributed by atoms with Crippen LogP contribution in [-0.2, 0) is 0 Å². The average molecular weight is 227 g/mol. The molecular formula is C12H10N4O. The number of pyridine rings is 2. The van der Waals surface area contributed by atoms with Crippen LogP contribution in [0.4, 0.5) is 0 Å². The minimum atomic E-state index is 0.453. The summed E-state index contributed by atoms with van der Waals surface area (Å²) in [5.74, 6) is 0.942. The van der Waals surface area contributed by atoms with E-state index in [1.54, 1.807) is 37.8 Å². The van der Waals surface area contributed by atoms with Crippen molar-refractivity contribution >= 4 is 11.0 Å². The number of aromatic amines is 1. The summed E-state index contributed by atoms with van der Waals surface area (Å²) in [4.78, 5) is 13.8. The van der Waals surface area contributed by atoms with Gasteiger partial charge >= 0.3 is 0 Å². The van der Waals surface area contributed by atoms with Gasteiger partial charge in [0.25, 0.3) is 0 Å². The Balaban J connectivity index is 2.28. The van der Waals surface area contributed by atoms with E-state index in [9.17, 15) is 0 Å². The van der Waals surface area contributed by atoms with Crippen molar-refractivity contribution in [1.29, 1.82) is 0 Å². The summed E-state index contributed by atoms with van der Waals surface area (Å²) in [5.41, 5.74) is 2.06. The van der Waals surface area contributed by atoms with Gasteiger partial charge in [-0.15, -0.1) is 0 Å². The highest BCUT2D eigenvalue weighted by Gasteiger charge is 2.10. The van der Waals surface area contributed by atoms with Crippen LogP contribution >= 0.6 is 0 Å². The molecule has 0 unspecified atom stereocenters. The Bertz CT molecular complexity index is 710. The van der Waals surface area contributed by atoms with Gasteiger partial charge in [-0.3, -0.25) is 4.98 Å². The number of H-pyrrole nitrogens is 1. The number of aromatic nitrogens is 4. The van der Waals surface area contributed by atoms with E-state index in [4.69, 9.17) is 6.15 Å². The summed E-state index contributed by atoms with van der Waals surface area (Å²) >= 11 is 0. The molecule has 84 valence electrons. The first kappa shape index (κ1) is 8.69. The van der Waals surface area contributed by atoms with E-state index < -0.39 is 0 Å². The molecule has 0 bridgehead atoms. The number of imidazole rings is 1. The lowest BCUT2D eigenvalue weighted by molar-refractivity contribution is 0.399. The van der Waals surface area contributed by atoms with Crippen LogP contribution in [0.5, 0.6) is 5.88 Å². The molecule has 0 radical (unpaired) electrons. The molecule has 3 aromatic heterocycles. The molecule has 0 aliphatic rings. The zero-order chi connectivity index (χ0) is 12.5. The monoisotopic (exact) mass is 227 g/mol. The van der Waals surface area contributed by atoms with Crippen molar-refractivity contribution in [3.63, 3.8) is 0 Å². The van der Waals surface area contributed by atoms with Gasteiger partial charge in [-0.2, -0.15) is 0 Å². The molecule has 0 amide bonds. The van der Waals surface area contributed by atoms with Crippen molar-refractivity contribution in [2.75, 3.05) is 7.11 Å². The Morgan fingerprint density at radius 1 is 1.35 bits per heavy atom. The maximum absolute atomic E-state index is 8.06. The molecule has 0 spiro atoms. The minimum Gasteiger partial charge on any atom is -0.480 e. The van der Waals surface area contributed by atoms with E-state index in [2.05, 4.69) is 15.0 Å². The second-order valence-corrected chi connectivity index (χ2v) is 3.47. The van der Waals surface area contributed by atoms with Crippen LogP contribution < -0.4 is 4.74 Å². The molecule has 3 rings (SSSR count). The van der Waals surface area contributed by atoms with Crippen LogP contribution in [0, 0.1) is 0 Å². The summed E-state index contributed by atoms with van der Waals surface area (Å²) in [6, 6.07) is 5.38. The quantitative estimate of drug-likeness (QED) is 0.727. The zero-order valence-electron chi connectivity index (χ0n) is 10.2. The Labute approximate surface area is 99.0 Å². The van der Waals surface area contributed by atoms with Crippen molar-refractivity contribution < 1.29 is 6.15 Å². The molecule has 3 heterocycles. The molecule has 17 heavy (non-hydrogen) atoms. The summed E-state index contributed by atoms with van der Waals surface area (Å²) in [7, 11) is 1.55. The van der Waals surface area contributed by atoms with Crippen LogP contribution in [0.2, 0.25) is 1.41 Å². The van der Waals surface area contributed by atoms with Gasteiger partial charge in [0.1, 0.15) is 5.82 Å². The van der Waals surface area contributed by atoms with Crippen LogP contribution in [0.15, 0.2) is 36.8 Å². The number of hydrogen-bond acceptors (Lipinski definition) is 4. The first-order chi connectivity index (χ1) is 8.81. The van der Waals surface area contributed by atoms with Gasteiger partial charge in [0.15, 0.2) is 1.41 Å². The fraction of sp³-hybridized carbons (Fsp3) is 0.0833. The third kappa shape index (κ3) is 1.61. The third-order valence-electron chi connectivity index (χ3n) is 2.44. The smallest absolute Gasteiger partial charge is 0.224 e. The van der Waals surface area contributed by atoms with Gasteiger partial charge < -0.3 is 9.71 Å². The van der Waals surface area contributed by atoms with Crippen molar-refractivity contribution in [2.45, 2.75) is 0 Å². The second-order valence-electron chi connectivity index (χ2n) is 3.47. The van der Waals surface area contributed by atoms with E-state index in [1.165, 1.54) is 4.98 Å². The van der Waals surface area contributed by atoms with Crippen molar-refractivity contribution in [3.05, 3.63) is 36.8 Å². The first-order valence-corrected chi connectivity index (χ1v) is 5.12. The van der Waals surface area contributed by atoms with E-state index in [0.29, 0.717) is 22.8 Å². The first-order valence-electron chi connectivity index (χ1n) is 5.57. The predicted molar refractivity (Wildman–Crippen MR) is 63.7 cm³/mol. The molecule has 0 fully saturated rings.